The molecule has 0 aromatic rings. The molecule has 0 rings (SSSR count). The number of alkyl halides is 1. The second kappa shape index (κ2) is 7.86. The van der Waals surface area contributed by atoms with Gasteiger partial charge in [0.05, 0.1) is 0 Å². The van der Waals surface area contributed by atoms with Gasteiger partial charge in [-0.05, 0) is 12.8 Å². The second-order valence-electron chi connectivity index (χ2n) is 2.09. The third kappa shape index (κ3) is 8.33. The number of halogens is 1. The van der Waals surface area contributed by atoms with Gasteiger partial charge in [0.15, 0.2) is 0 Å². The van der Waals surface area contributed by atoms with Crippen LogP contribution in [0.4, 0.5) is 0 Å². The second-order valence-corrected chi connectivity index (χ2v) is 2.62. The molecular weight excluding hydrogens is 195 g/mol. The monoisotopic (exact) mass is 204 g/mol. The Morgan fingerprint density at radius 1 is 1.42 bits per heavy atom. The summed E-state index contributed by atoms with van der Waals surface area (Å²) in [5.41, 5.74) is 0. The predicted molar refractivity (Wildman–Crippen MR) is 39.9 cm³/mol. The van der Waals surface area contributed by atoms with Crippen molar-refractivity contribution >= 4 is 23.5 Å². The maximum absolute atomic E-state index is 10.1. The van der Waals surface area contributed by atoms with E-state index in [-0.39, 0.29) is 43.8 Å². The minimum atomic E-state index is -1.10. The predicted octanol–water partition coefficient (Wildman–Crippen LogP) is -1.95. The molecule has 0 bridgehead atoms. The number of carboxylic acids is 2. The van der Waals surface area contributed by atoms with Crippen LogP contribution in [0.3, 0.4) is 0 Å². The summed E-state index contributed by atoms with van der Waals surface area (Å²) in [6.07, 6.45) is 0.468. The molecular formula is C6H10ClNaO4. The summed E-state index contributed by atoms with van der Waals surface area (Å²) >= 11 is 5.31. The van der Waals surface area contributed by atoms with Crippen molar-refractivity contribution in [2.24, 2.45) is 0 Å². The first-order valence-corrected chi connectivity index (χ1v) is 3.56. The molecule has 0 radical (unpaired) electrons. The Labute approximate surface area is 98.7 Å². The number of aliphatic carboxylic acids is 2. The first kappa shape index (κ1) is 14.7. The van der Waals surface area contributed by atoms with Crippen molar-refractivity contribution in [2.75, 3.05) is 0 Å². The normalized spacial score (nSPS) is 11.4. The van der Waals surface area contributed by atoms with Crippen molar-refractivity contribution < 1.29 is 50.8 Å². The van der Waals surface area contributed by atoms with Crippen LogP contribution in [0.2, 0.25) is 0 Å². The van der Waals surface area contributed by atoms with Crippen molar-refractivity contribution in [1.29, 1.82) is 0 Å². The third-order valence-corrected chi connectivity index (χ3v) is 1.52. The topological polar surface area (TPSA) is 74.6 Å². The first-order chi connectivity index (χ1) is 5.04. The molecule has 0 saturated heterocycles. The van der Waals surface area contributed by atoms with E-state index in [9.17, 15) is 9.59 Å². The summed E-state index contributed by atoms with van der Waals surface area (Å²) in [5, 5.41) is 15.5. The van der Waals surface area contributed by atoms with Gasteiger partial charge in [0.2, 0.25) is 0 Å². The van der Waals surface area contributed by atoms with Gasteiger partial charge >= 0.3 is 41.5 Å². The Morgan fingerprint density at radius 2 is 1.92 bits per heavy atom. The number of hydrogen-bond donors (Lipinski definition) is 2. The Hall–Kier alpha value is 0.230. The van der Waals surface area contributed by atoms with E-state index < -0.39 is 17.3 Å². The zero-order chi connectivity index (χ0) is 8.85. The minimum Gasteiger partial charge on any atom is -1.00 e. The molecule has 0 fully saturated rings. The summed E-state index contributed by atoms with van der Waals surface area (Å²) in [6.45, 7) is 0. The van der Waals surface area contributed by atoms with Crippen LogP contribution in [0.5, 0.6) is 0 Å². The van der Waals surface area contributed by atoms with Crippen LogP contribution >= 0.6 is 11.6 Å². The summed E-state index contributed by atoms with van der Waals surface area (Å²) < 4.78 is 0. The molecule has 1 unspecified atom stereocenters. The van der Waals surface area contributed by atoms with Gasteiger partial charge in [0.1, 0.15) is 5.38 Å². The molecule has 2 N–H and O–H groups in total. The van der Waals surface area contributed by atoms with Crippen LogP contribution in [0.25, 0.3) is 0 Å². The van der Waals surface area contributed by atoms with E-state index in [1.54, 1.807) is 0 Å². The van der Waals surface area contributed by atoms with Gasteiger partial charge in [-0.3, -0.25) is 9.59 Å². The quantitative estimate of drug-likeness (QED) is 0.403. The van der Waals surface area contributed by atoms with E-state index in [1.165, 1.54) is 0 Å². The molecule has 0 saturated carbocycles. The Kier molecular flexibility index (Phi) is 9.65. The molecule has 0 spiro atoms. The standard InChI is InChI=1S/C6H9ClO4.Na.H/c7-4(6(10)11)2-1-3-5(8)9;;/h4H,1-3H2,(H,8,9)(H,10,11);;/q;+1;-1. The molecule has 12 heavy (non-hydrogen) atoms. The molecule has 0 aromatic heterocycles. The Morgan fingerprint density at radius 3 is 2.25 bits per heavy atom. The third-order valence-electron chi connectivity index (χ3n) is 1.12. The van der Waals surface area contributed by atoms with E-state index in [0.29, 0.717) is 6.42 Å². The van der Waals surface area contributed by atoms with Gasteiger partial charge < -0.3 is 11.6 Å². The molecule has 0 aromatic carbocycles. The van der Waals surface area contributed by atoms with Gasteiger partial charge in [-0.1, -0.05) is 0 Å². The largest absolute Gasteiger partial charge is 1.00 e. The van der Waals surface area contributed by atoms with Crippen LogP contribution in [-0.4, -0.2) is 27.5 Å². The average molecular weight is 205 g/mol. The SMILES string of the molecule is O=C(O)CCCC(Cl)C(=O)O.[H-].[Na+]. The van der Waals surface area contributed by atoms with Gasteiger partial charge in [0.25, 0.3) is 0 Å². The van der Waals surface area contributed by atoms with Crippen molar-refractivity contribution in [1.82, 2.24) is 0 Å². The Balaban J connectivity index is -0.000000500. The maximum Gasteiger partial charge on any atom is 1.00 e. The smallest absolute Gasteiger partial charge is 1.00 e. The van der Waals surface area contributed by atoms with Crippen LogP contribution in [-0.2, 0) is 9.59 Å². The van der Waals surface area contributed by atoms with Gasteiger partial charge in [0, 0.05) is 6.42 Å². The van der Waals surface area contributed by atoms with Gasteiger partial charge in [-0.15, -0.1) is 11.6 Å². The van der Waals surface area contributed by atoms with E-state index in [1.807, 2.05) is 0 Å². The molecule has 0 heterocycles. The van der Waals surface area contributed by atoms with Crippen molar-refractivity contribution in [3.05, 3.63) is 0 Å². The molecule has 6 heteroatoms. The molecule has 0 amide bonds. The van der Waals surface area contributed by atoms with E-state index in [4.69, 9.17) is 21.8 Å². The fourth-order valence-electron chi connectivity index (χ4n) is 0.556. The van der Waals surface area contributed by atoms with Gasteiger partial charge in [-0.2, -0.15) is 0 Å². The van der Waals surface area contributed by atoms with E-state index in [2.05, 4.69) is 0 Å². The molecule has 1 atom stereocenters. The summed E-state index contributed by atoms with van der Waals surface area (Å²) in [4.78, 5) is 20.1. The van der Waals surface area contributed by atoms with Crippen LogP contribution in [0, 0.1) is 0 Å². The summed E-state index contributed by atoms with van der Waals surface area (Å²) in [5.74, 6) is -2.03. The fraction of sp³-hybridized carbons (Fsp3) is 0.667. The minimum absolute atomic E-state index is 0. The zero-order valence-corrected chi connectivity index (χ0v) is 9.54. The molecule has 0 aliphatic heterocycles. The number of carbonyl (C=O) groups is 2. The summed E-state index contributed by atoms with van der Waals surface area (Å²) in [6, 6.07) is 0. The average Bonchev–Trinajstić information content (AvgIpc) is 1.86. The van der Waals surface area contributed by atoms with E-state index >= 15 is 0 Å². The summed E-state index contributed by atoms with van der Waals surface area (Å²) in [7, 11) is 0. The van der Waals surface area contributed by atoms with E-state index in [0.717, 1.165) is 0 Å². The zero-order valence-electron chi connectivity index (χ0n) is 7.79. The van der Waals surface area contributed by atoms with Crippen LogP contribution < -0.4 is 29.6 Å². The Bertz CT molecular complexity index is 167. The molecule has 4 nitrogen and oxygen atoms in total. The first-order valence-electron chi connectivity index (χ1n) is 3.12. The molecule has 66 valence electrons. The maximum atomic E-state index is 10.1. The van der Waals surface area contributed by atoms with Crippen molar-refractivity contribution in [3.63, 3.8) is 0 Å². The molecule has 0 aliphatic rings. The fourth-order valence-corrected chi connectivity index (χ4v) is 0.710. The number of hydrogen-bond acceptors (Lipinski definition) is 2. The molecule has 0 aliphatic carbocycles. The van der Waals surface area contributed by atoms with Crippen molar-refractivity contribution in [3.8, 4) is 0 Å². The van der Waals surface area contributed by atoms with Crippen LogP contribution in [0.1, 0.15) is 20.7 Å². The van der Waals surface area contributed by atoms with Crippen LogP contribution in [0.15, 0.2) is 0 Å². The number of carboxylic acid groups (broad SMARTS) is 2. The number of rotatable bonds is 5. The van der Waals surface area contributed by atoms with Gasteiger partial charge in [-0.25, -0.2) is 0 Å². The van der Waals surface area contributed by atoms with Crippen molar-refractivity contribution in [2.45, 2.75) is 24.6 Å².